The van der Waals surface area contributed by atoms with E-state index in [0.29, 0.717) is 18.7 Å². The quantitative estimate of drug-likeness (QED) is 0.814. The third-order valence-electron chi connectivity index (χ3n) is 3.71. The third kappa shape index (κ3) is 4.96. The average Bonchev–Trinajstić information content (AvgIpc) is 3.07. The summed E-state index contributed by atoms with van der Waals surface area (Å²) >= 11 is 0. The molecule has 1 unspecified atom stereocenters. The first-order chi connectivity index (χ1) is 11.5. The van der Waals surface area contributed by atoms with E-state index in [9.17, 15) is 9.59 Å². The predicted molar refractivity (Wildman–Crippen MR) is 91.4 cm³/mol. The number of benzene rings is 1. The van der Waals surface area contributed by atoms with Crippen LogP contribution in [0.15, 0.2) is 47.1 Å². The molecule has 1 aromatic carbocycles. The maximum absolute atomic E-state index is 12.3. The Hall–Kier alpha value is -2.60. The van der Waals surface area contributed by atoms with Gasteiger partial charge in [-0.25, -0.2) is 0 Å². The van der Waals surface area contributed by atoms with Gasteiger partial charge in [0.2, 0.25) is 5.91 Å². The van der Waals surface area contributed by atoms with Crippen LogP contribution in [0.3, 0.4) is 0 Å². The van der Waals surface area contributed by atoms with Gasteiger partial charge in [0.1, 0.15) is 5.76 Å². The molecule has 0 saturated carbocycles. The summed E-state index contributed by atoms with van der Waals surface area (Å²) in [6, 6.07) is 10.9. The molecular formula is C18H23N3O3. The Morgan fingerprint density at radius 3 is 2.38 bits per heavy atom. The van der Waals surface area contributed by atoms with E-state index in [1.165, 1.54) is 6.92 Å². The van der Waals surface area contributed by atoms with Crippen LogP contribution in [-0.2, 0) is 11.3 Å². The van der Waals surface area contributed by atoms with Gasteiger partial charge in [0.05, 0.1) is 12.3 Å². The van der Waals surface area contributed by atoms with Gasteiger partial charge >= 0.3 is 0 Å². The molecule has 1 atom stereocenters. The van der Waals surface area contributed by atoms with Gasteiger partial charge in [0.25, 0.3) is 5.91 Å². The minimum absolute atomic E-state index is 0.0250. The summed E-state index contributed by atoms with van der Waals surface area (Å²) < 4.78 is 5.43. The molecule has 0 aliphatic heterocycles. The summed E-state index contributed by atoms with van der Waals surface area (Å²) in [4.78, 5) is 25.2. The highest BCUT2D eigenvalue weighted by molar-refractivity contribution is 5.94. The van der Waals surface area contributed by atoms with Crippen molar-refractivity contribution in [2.75, 3.05) is 20.6 Å². The number of rotatable bonds is 7. The van der Waals surface area contributed by atoms with Crippen molar-refractivity contribution in [3.8, 4) is 0 Å². The fraction of sp³-hybridized carbons (Fsp3) is 0.333. The second-order valence-corrected chi connectivity index (χ2v) is 5.81. The molecule has 0 aliphatic rings. The molecule has 6 nitrogen and oxygen atoms in total. The molecule has 1 aromatic heterocycles. The highest BCUT2D eigenvalue weighted by Gasteiger charge is 2.18. The summed E-state index contributed by atoms with van der Waals surface area (Å²) in [6.45, 7) is 2.38. The number of furan rings is 1. The number of amides is 2. The van der Waals surface area contributed by atoms with Crippen molar-refractivity contribution < 1.29 is 14.0 Å². The Labute approximate surface area is 141 Å². The van der Waals surface area contributed by atoms with E-state index in [2.05, 4.69) is 10.6 Å². The van der Waals surface area contributed by atoms with Crippen LogP contribution in [0.25, 0.3) is 0 Å². The number of nitrogens with zero attached hydrogens (tertiary/aromatic N) is 1. The van der Waals surface area contributed by atoms with Gasteiger partial charge < -0.3 is 15.1 Å². The summed E-state index contributed by atoms with van der Waals surface area (Å²) in [5.74, 6) is 0.593. The topological polar surface area (TPSA) is 74.6 Å². The highest BCUT2D eigenvalue weighted by Crippen LogP contribution is 2.17. The lowest BCUT2D eigenvalue weighted by Gasteiger charge is -2.22. The largest absolute Gasteiger partial charge is 0.468 e. The van der Waals surface area contributed by atoms with Gasteiger partial charge in [-0.15, -0.1) is 0 Å². The molecular weight excluding hydrogens is 306 g/mol. The van der Waals surface area contributed by atoms with Crippen LogP contribution in [0.2, 0.25) is 0 Å². The number of likely N-dealkylation sites (N-methyl/N-ethyl adjacent to an activating group) is 1. The fourth-order valence-corrected chi connectivity index (χ4v) is 2.31. The molecule has 2 N–H and O–H groups in total. The minimum Gasteiger partial charge on any atom is -0.468 e. The standard InChI is InChI=1S/C18H23N3O3/c1-13(22)19-11-14-6-8-15(9-7-14)18(23)20-12-16(21(2)3)17-5-4-10-24-17/h4-10,16H,11-12H2,1-3H3,(H,19,22)(H,20,23). The fourth-order valence-electron chi connectivity index (χ4n) is 2.31. The van der Waals surface area contributed by atoms with Crippen LogP contribution in [0.5, 0.6) is 0 Å². The van der Waals surface area contributed by atoms with Crippen molar-refractivity contribution in [2.24, 2.45) is 0 Å². The third-order valence-corrected chi connectivity index (χ3v) is 3.71. The lowest BCUT2D eigenvalue weighted by molar-refractivity contribution is -0.119. The summed E-state index contributed by atoms with van der Waals surface area (Å²) in [5.41, 5.74) is 1.53. The van der Waals surface area contributed by atoms with Crippen molar-refractivity contribution in [3.63, 3.8) is 0 Å². The first-order valence-corrected chi connectivity index (χ1v) is 7.78. The molecule has 24 heavy (non-hydrogen) atoms. The number of hydrogen-bond donors (Lipinski definition) is 2. The number of nitrogens with one attached hydrogen (secondary N) is 2. The number of carbonyl (C=O) groups is 2. The average molecular weight is 329 g/mol. The second-order valence-electron chi connectivity index (χ2n) is 5.81. The van der Waals surface area contributed by atoms with Crippen molar-refractivity contribution in [2.45, 2.75) is 19.5 Å². The van der Waals surface area contributed by atoms with Gasteiger partial charge in [-0.2, -0.15) is 0 Å². The Morgan fingerprint density at radius 1 is 1.12 bits per heavy atom. The molecule has 0 saturated heterocycles. The Morgan fingerprint density at radius 2 is 1.83 bits per heavy atom. The molecule has 0 aliphatic carbocycles. The van der Waals surface area contributed by atoms with Gasteiger partial charge in [0, 0.05) is 25.6 Å². The Balaban J connectivity index is 1.93. The van der Waals surface area contributed by atoms with Crippen molar-refractivity contribution in [1.82, 2.24) is 15.5 Å². The van der Waals surface area contributed by atoms with Gasteiger partial charge in [-0.1, -0.05) is 12.1 Å². The van der Waals surface area contributed by atoms with Crippen molar-refractivity contribution >= 4 is 11.8 Å². The van der Waals surface area contributed by atoms with E-state index in [-0.39, 0.29) is 17.9 Å². The molecule has 0 bridgehead atoms. The zero-order valence-electron chi connectivity index (χ0n) is 14.2. The van der Waals surface area contributed by atoms with Crippen molar-refractivity contribution in [1.29, 1.82) is 0 Å². The molecule has 0 radical (unpaired) electrons. The van der Waals surface area contributed by atoms with Crippen LogP contribution in [0, 0.1) is 0 Å². The van der Waals surface area contributed by atoms with Gasteiger partial charge in [-0.3, -0.25) is 14.5 Å². The van der Waals surface area contributed by atoms with E-state index in [1.807, 2.05) is 43.3 Å². The lowest BCUT2D eigenvalue weighted by atomic mass is 10.1. The van der Waals surface area contributed by atoms with Gasteiger partial charge in [-0.05, 0) is 43.9 Å². The Bertz CT molecular complexity index is 663. The first-order valence-electron chi connectivity index (χ1n) is 7.78. The maximum Gasteiger partial charge on any atom is 0.251 e. The van der Waals surface area contributed by atoms with E-state index in [1.54, 1.807) is 18.4 Å². The molecule has 0 spiro atoms. The molecule has 6 heteroatoms. The molecule has 2 aromatic rings. The monoisotopic (exact) mass is 329 g/mol. The lowest BCUT2D eigenvalue weighted by Crippen LogP contribution is -2.34. The van der Waals surface area contributed by atoms with Crippen LogP contribution in [-0.4, -0.2) is 37.4 Å². The Kier molecular flexibility index (Phi) is 6.14. The number of carbonyl (C=O) groups excluding carboxylic acids is 2. The van der Waals surface area contributed by atoms with E-state index >= 15 is 0 Å². The van der Waals surface area contributed by atoms with Crippen LogP contribution < -0.4 is 10.6 Å². The molecule has 0 fully saturated rings. The zero-order valence-corrected chi connectivity index (χ0v) is 14.2. The van der Waals surface area contributed by atoms with Crippen molar-refractivity contribution in [3.05, 3.63) is 59.5 Å². The SMILES string of the molecule is CC(=O)NCc1ccc(C(=O)NCC(c2ccco2)N(C)C)cc1. The van der Waals surface area contributed by atoms with Gasteiger partial charge in [0.15, 0.2) is 0 Å². The molecule has 128 valence electrons. The summed E-state index contributed by atoms with van der Waals surface area (Å²) in [5, 5.41) is 5.65. The summed E-state index contributed by atoms with van der Waals surface area (Å²) in [6.07, 6.45) is 1.63. The molecule has 2 rings (SSSR count). The maximum atomic E-state index is 12.3. The predicted octanol–water partition coefficient (Wildman–Crippen LogP) is 1.95. The minimum atomic E-state index is -0.139. The second kappa shape index (κ2) is 8.31. The number of hydrogen-bond acceptors (Lipinski definition) is 4. The smallest absolute Gasteiger partial charge is 0.251 e. The normalized spacial score (nSPS) is 12.0. The van der Waals surface area contributed by atoms with Crippen LogP contribution in [0.1, 0.15) is 34.6 Å². The van der Waals surface area contributed by atoms with E-state index in [4.69, 9.17) is 4.42 Å². The van der Waals surface area contributed by atoms with E-state index in [0.717, 1.165) is 11.3 Å². The molecule has 2 amide bonds. The molecule has 1 heterocycles. The van der Waals surface area contributed by atoms with Crippen LogP contribution in [0.4, 0.5) is 0 Å². The van der Waals surface area contributed by atoms with Crippen LogP contribution >= 0.6 is 0 Å². The zero-order chi connectivity index (χ0) is 17.5. The first kappa shape index (κ1) is 17.7. The highest BCUT2D eigenvalue weighted by atomic mass is 16.3. The van der Waals surface area contributed by atoms with E-state index < -0.39 is 0 Å². The summed E-state index contributed by atoms with van der Waals surface area (Å²) in [7, 11) is 3.88.